The second-order valence-corrected chi connectivity index (χ2v) is 5.25. The van der Waals surface area contributed by atoms with Crippen LogP contribution in [0, 0.1) is 3.57 Å². The maximum atomic E-state index is 5.77. The highest BCUT2D eigenvalue weighted by Crippen LogP contribution is 2.31. The van der Waals surface area contributed by atoms with E-state index in [1.807, 2.05) is 48.5 Å². The SMILES string of the molecule is COc1ccccc1-c1nnc(-c2ccccc2I)o1. The molecule has 0 saturated carbocycles. The molecule has 4 nitrogen and oxygen atoms in total. The monoisotopic (exact) mass is 378 g/mol. The Morgan fingerprint density at radius 1 is 0.900 bits per heavy atom. The lowest BCUT2D eigenvalue weighted by Crippen LogP contribution is -1.87. The predicted molar refractivity (Wildman–Crippen MR) is 84.4 cm³/mol. The smallest absolute Gasteiger partial charge is 0.251 e. The molecule has 0 N–H and O–H groups in total. The molecule has 0 saturated heterocycles. The minimum atomic E-state index is 0.456. The predicted octanol–water partition coefficient (Wildman–Crippen LogP) is 4.02. The largest absolute Gasteiger partial charge is 0.496 e. The lowest BCUT2D eigenvalue weighted by molar-refractivity contribution is 0.414. The van der Waals surface area contributed by atoms with Crippen molar-refractivity contribution in [2.75, 3.05) is 7.11 Å². The van der Waals surface area contributed by atoms with E-state index in [4.69, 9.17) is 9.15 Å². The van der Waals surface area contributed by atoms with E-state index < -0.39 is 0 Å². The summed E-state index contributed by atoms with van der Waals surface area (Å²) in [6.07, 6.45) is 0. The Morgan fingerprint density at radius 3 is 2.20 bits per heavy atom. The molecule has 0 bridgehead atoms. The third kappa shape index (κ3) is 2.40. The van der Waals surface area contributed by atoms with Gasteiger partial charge in [0.1, 0.15) is 5.75 Å². The van der Waals surface area contributed by atoms with Crippen molar-refractivity contribution < 1.29 is 9.15 Å². The molecule has 5 heteroatoms. The molecular weight excluding hydrogens is 367 g/mol. The fourth-order valence-corrected chi connectivity index (χ4v) is 2.51. The zero-order chi connectivity index (χ0) is 13.9. The van der Waals surface area contributed by atoms with Gasteiger partial charge in [0.25, 0.3) is 5.89 Å². The summed E-state index contributed by atoms with van der Waals surface area (Å²) in [6, 6.07) is 15.5. The Labute approximate surface area is 129 Å². The molecule has 1 aromatic heterocycles. The lowest BCUT2D eigenvalue weighted by Gasteiger charge is -2.03. The minimum absolute atomic E-state index is 0.456. The molecule has 0 aliphatic heterocycles. The Kier molecular flexibility index (Phi) is 3.68. The Hall–Kier alpha value is -1.89. The zero-order valence-electron chi connectivity index (χ0n) is 10.7. The molecule has 0 spiro atoms. The number of ether oxygens (including phenoxy) is 1. The van der Waals surface area contributed by atoms with Crippen LogP contribution in [-0.4, -0.2) is 17.3 Å². The second kappa shape index (κ2) is 5.62. The number of rotatable bonds is 3. The first-order chi connectivity index (χ1) is 9.79. The molecule has 100 valence electrons. The lowest BCUT2D eigenvalue weighted by atomic mass is 10.2. The molecule has 20 heavy (non-hydrogen) atoms. The molecule has 0 unspecified atom stereocenters. The van der Waals surface area contributed by atoms with Gasteiger partial charge in [0.2, 0.25) is 5.89 Å². The van der Waals surface area contributed by atoms with Gasteiger partial charge in [0.15, 0.2) is 0 Å². The normalized spacial score (nSPS) is 10.5. The number of halogens is 1. The molecule has 0 aliphatic carbocycles. The van der Waals surface area contributed by atoms with E-state index in [1.54, 1.807) is 7.11 Å². The number of methoxy groups -OCH3 is 1. The first-order valence-corrected chi connectivity index (χ1v) is 7.09. The van der Waals surface area contributed by atoms with Crippen LogP contribution in [0.2, 0.25) is 0 Å². The van der Waals surface area contributed by atoms with Gasteiger partial charge in [0.05, 0.1) is 18.2 Å². The molecule has 0 fully saturated rings. The van der Waals surface area contributed by atoms with Crippen LogP contribution in [0.5, 0.6) is 5.75 Å². The molecule has 3 rings (SSSR count). The number of nitrogens with zero attached hydrogens (tertiary/aromatic N) is 2. The summed E-state index contributed by atoms with van der Waals surface area (Å²) in [4.78, 5) is 0. The van der Waals surface area contributed by atoms with Crippen molar-refractivity contribution in [3.05, 3.63) is 52.1 Å². The van der Waals surface area contributed by atoms with Gasteiger partial charge in [-0.05, 0) is 46.9 Å². The number of hydrogen-bond acceptors (Lipinski definition) is 4. The number of hydrogen-bond donors (Lipinski definition) is 0. The van der Waals surface area contributed by atoms with Crippen molar-refractivity contribution in [1.29, 1.82) is 0 Å². The summed E-state index contributed by atoms with van der Waals surface area (Å²) in [6.45, 7) is 0. The Morgan fingerprint density at radius 2 is 1.50 bits per heavy atom. The molecule has 2 aromatic carbocycles. The van der Waals surface area contributed by atoms with E-state index in [2.05, 4.69) is 32.8 Å². The van der Waals surface area contributed by atoms with E-state index in [1.165, 1.54) is 0 Å². The van der Waals surface area contributed by atoms with Gasteiger partial charge in [-0.15, -0.1) is 10.2 Å². The third-order valence-corrected chi connectivity index (χ3v) is 3.81. The van der Waals surface area contributed by atoms with E-state index in [-0.39, 0.29) is 0 Å². The van der Waals surface area contributed by atoms with E-state index in [0.717, 1.165) is 14.7 Å². The van der Waals surface area contributed by atoms with Crippen molar-refractivity contribution in [3.63, 3.8) is 0 Å². The van der Waals surface area contributed by atoms with Crippen LogP contribution in [0.15, 0.2) is 52.9 Å². The topological polar surface area (TPSA) is 48.2 Å². The third-order valence-electron chi connectivity index (χ3n) is 2.87. The maximum absolute atomic E-state index is 5.77. The molecular formula is C15H11IN2O2. The maximum Gasteiger partial charge on any atom is 0.251 e. The van der Waals surface area contributed by atoms with Crippen LogP contribution in [0.3, 0.4) is 0 Å². The van der Waals surface area contributed by atoms with Gasteiger partial charge in [-0.1, -0.05) is 24.3 Å². The molecule has 3 aromatic rings. The van der Waals surface area contributed by atoms with Crippen molar-refractivity contribution >= 4 is 22.6 Å². The standard InChI is InChI=1S/C15H11IN2O2/c1-19-13-9-5-3-7-11(13)15-18-17-14(20-15)10-6-2-4-8-12(10)16/h2-9H,1H3. The molecule has 1 heterocycles. The second-order valence-electron chi connectivity index (χ2n) is 4.09. The van der Waals surface area contributed by atoms with Crippen LogP contribution < -0.4 is 4.74 Å². The summed E-state index contributed by atoms with van der Waals surface area (Å²) in [5.41, 5.74) is 1.72. The summed E-state index contributed by atoms with van der Waals surface area (Å²) in [5.74, 6) is 1.68. The van der Waals surface area contributed by atoms with Crippen molar-refractivity contribution in [2.24, 2.45) is 0 Å². The Balaban J connectivity index is 2.05. The highest BCUT2D eigenvalue weighted by molar-refractivity contribution is 14.1. The van der Waals surface area contributed by atoms with Gasteiger partial charge in [-0.25, -0.2) is 0 Å². The summed E-state index contributed by atoms with van der Waals surface area (Å²) in [7, 11) is 1.62. The molecule has 0 aliphatic rings. The van der Waals surface area contributed by atoms with E-state index >= 15 is 0 Å². The average Bonchev–Trinajstić information content (AvgIpc) is 2.97. The molecule has 0 radical (unpaired) electrons. The number of aromatic nitrogens is 2. The summed E-state index contributed by atoms with van der Waals surface area (Å²) >= 11 is 2.25. The van der Waals surface area contributed by atoms with Crippen molar-refractivity contribution in [2.45, 2.75) is 0 Å². The minimum Gasteiger partial charge on any atom is -0.496 e. The van der Waals surface area contributed by atoms with Crippen LogP contribution in [0.4, 0.5) is 0 Å². The quantitative estimate of drug-likeness (QED) is 0.646. The van der Waals surface area contributed by atoms with Crippen molar-refractivity contribution in [1.82, 2.24) is 10.2 Å². The fraction of sp³-hybridized carbons (Fsp3) is 0.0667. The Bertz CT molecular complexity index is 740. The fourth-order valence-electron chi connectivity index (χ4n) is 1.90. The average molecular weight is 378 g/mol. The van der Waals surface area contributed by atoms with Crippen molar-refractivity contribution in [3.8, 4) is 28.7 Å². The first kappa shape index (κ1) is 13.1. The van der Waals surface area contributed by atoms with Gasteiger partial charge in [0, 0.05) is 3.57 Å². The van der Waals surface area contributed by atoms with Gasteiger partial charge >= 0.3 is 0 Å². The van der Waals surface area contributed by atoms with Gasteiger partial charge in [-0.3, -0.25) is 0 Å². The summed E-state index contributed by atoms with van der Waals surface area (Å²) in [5, 5.41) is 8.23. The van der Waals surface area contributed by atoms with Gasteiger partial charge in [-0.2, -0.15) is 0 Å². The highest BCUT2D eigenvalue weighted by Gasteiger charge is 2.15. The van der Waals surface area contributed by atoms with Crippen LogP contribution in [-0.2, 0) is 0 Å². The highest BCUT2D eigenvalue weighted by atomic mass is 127. The summed E-state index contributed by atoms with van der Waals surface area (Å²) < 4.78 is 12.2. The first-order valence-electron chi connectivity index (χ1n) is 6.01. The number of benzene rings is 2. The zero-order valence-corrected chi connectivity index (χ0v) is 12.9. The van der Waals surface area contributed by atoms with E-state index in [0.29, 0.717) is 17.5 Å². The van der Waals surface area contributed by atoms with E-state index in [9.17, 15) is 0 Å². The van der Waals surface area contributed by atoms with Crippen LogP contribution in [0.1, 0.15) is 0 Å². The van der Waals surface area contributed by atoms with Crippen LogP contribution in [0.25, 0.3) is 22.9 Å². The molecule has 0 amide bonds. The molecule has 0 atom stereocenters. The number of para-hydroxylation sites is 1. The van der Waals surface area contributed by atoms with Gasteiger partial charge < -0.3 is 9.15 Å². The van der Waals surface area contributed by atoms with Crippen LogP contribution >= 0.6 is 22.6 Å².